The summed E-state index contributed by atoms with van der Waals surface area (Å²) in [6, 6.07) is 9.90. The first-order chi connectivity index (χ1) is 10.8. The van der Waals surface area contributed by atoms with Gasteiger partial charge in [-0.3, -0.25) is 4.79 Å². The highest BCUT2D eigenvalue weighted by atomic mass is 32.1. The fraction of sp³-hybridized carbons (Fsp3) is 0.125. The van der Waals surface area contributed by atoms with Crippen LogP contribution >= 0.6 is 11.3 Å². The Morgan fingerprint density at radius 3 is 2.43 bits per heavy atom. The van der Waals surface area contributed by atoms with E-state index in [9.17, 15) is 18.0 Å². The molecule has 0 spiro atoms. The molecule has 1 heterocycles. The Bertz CT molecular complexity index is 869. The number of benzene rings is 2. The maximum absolute atomic E-state index is 12.6. The number of carbonyl (C=O) groups excluding carboxylic acids is 1. The van der Waals surface area contributed by atoms with E-state index in [1.165, 1.54) is 30.4 Å². The molecule has 1 aromatic heterocycles. The van der Waals surface area contributed by atoms with Crippen LogP contribution in [0.15, 0.2) is 42.5 Å². The molecule has 0 aliphatic carbocycles. The van der Waals surface area contributed by atoms with Crippen LogP contribution in [0.1, 0.15) is 12.5 Å². The molecule has 118 valence electrons. The minimum absolute atomic E-state index is 0.384. The fourth-order valence-corrected chi connectivity index (χ4v) is 3.01. The molecule has 7 heteroatoms. The van der Waals surface area contributed by atoms with Crippen LogP contribution in [-0.2, 0) is 11.0 Å². The predicted molar refractivity (Wildman–Crippen MR) is 81.4 cm³/mol. The van der Waals surface area contributed by atoms with Gasteiger partial charge in [-0.05, 0) is 24.3 Å². The van der Waals surface area contributed by atoms with E-state index >= 15 is 0 Å². The summed E-state index contributed by atoms with van der Waals surface area (Å²) in [7, 11) is 0. The summed E-state index contributed by atoms with van der Waals surface area (Å²) in [5.41, 5.74) is 0.538. The third-order valence-corrected chi connectivity index (χ3v) is 4.17. The van der Waals surface area contributed by atoms with Crippen molar-refractivity contribution in [3.05, 3.63) is 48.0 Å². The van der Waals surface area contributed by atoms with Gasteiger partial charge in [0.15, 0.2) is 0 Å². The summed E-state index contributed by atoms with van der Waals surface area (Å²) in [5.74, 6) is -0.0446. The molecule has 2 aromatic carbocycles. The van der Waals surface area contributed by atoms with Crippen molar-refractivity contribution in [2.75, 3.05) is 0 Å². The number of thiazole rings is 1. The van der Waals surface area contributed by atoms with Gasteiger partial charge in [0.2, 0.25) is 0 Å². The number of hydrogen-bond acceptors (Lipinski definition) is 4. The van der Waals surface area contributed by atoms with Crippen LogP contribution in [0.4, 0.5) is 13.2 Å². The molecule has 3 nitrogen and oxygen atoms in total. The highest BCUT2D eigenvalue weighted by Crippen LogP contribution is 2.34. The van der Waals surface area contributed by atoms with Crippen molar-refractivity contribution >= 4 is 27.5 Å². The van der Waals surface area contributed by atoms with Crippen molar-refractivity contribution in [2.45, 2.75) is 13.1 Å². The quantitative estimate of drug-likeness (QED) is 0.493. The molecule has 0 atom stereocenters. The van der Waals surface area contributed by atoms with E-state index in [-0.39, 0.29) is 0 Å². The Morgan fingerprint density at radius 2 is 1.83 bits per heavy atom. The highest BCUT2D eigenvalue weighted by Gasteiger charge is 2.30. The number of fused-ring (bicyclic) bond motifs is 1. The van der Waals surface area contributed by atoms with Crippen molar-refractivity contribution in [2.24, 2.45) is 0 Å². The largest absolute Gasteiger partial charge is 0.427 e. The number of alkyl halides is 3. The number of aromatic nitrogens is 1. The summed E-state index contributed by atoms with van der Waals surface area (Å²) < 4.78 is 43.6. The second-order valence-corrected chi connectivity index (χ2v) is 5.85. The molecular weight excluding hydrogens is 327 g/mol. The number of carbonyl (C=O) groups is 1. The third-order valence-electron chi connectivity index (χ3n) is 3.08. The van der Waals surface area contributed by atoms with Crippen LogP contribution in [0.3, 0.4) is 0 Å². The number of nitrogens with zero attached hydrogens (tertiary/aromatic N) is 1. The minimum Gasteiger partial charge on any atom is -0.427 e. The summed E-state index contributed by atoms with van der Waals surface area (Å²) in [6.45, 7) is 1.30. The maximum Gasteiger partial charge on any atom is 0.416 e. The lowest BCUT2D eigenvalue weighted by Gasteiger charge is -2.06. The minimum atomic E-state index is -4.36. The van der Waals surface area contributed by atoms with Crippen LogP contribution in [0.25, 0.3) is 20.8 Å². The summed E-state index contributed by atoms with van der Waals surface area (Å²) in [4.78, 5) is 15.3. The molecule has 0 aliphatic rings. The lowest BCUT2D eigenvalue weighted by atomic mass is 10.1. The molecule has 0 bridgehead atoms. The molecule has 0 saturated heterocycles. The van der Waals surface area contributed by atoms with Crippen LogP contribution in [-0.4, -0.2) is 11.0 Å². The molecule has 0 saturated carbocycles. The zero-order valence-electron chi connectivity index (χ0n) is 11.8. The Kier molecular flexibility index (Phi) is 3.81. The van der Waals surface area contributed by atoms with Gasteiger partial charge in [-0.1, -0.05) is 12.1 Å². The Labute approximate surface area is 133 Å². The molecule has 0 aliphatic heterocycles. The Hall–Kier alpha value is -2.41. The van der Waals surface area contributed by atoms with E-state index in [0.29, 0.717) is 21.8 Å². The van der Waals surface area contributed by atoms with Gasteiger partial charge in [0, 0.05) is 18.6 Å². The van der Waals surface area contributed by atoms with Gasteiger partial charge in [0.05, 0.1) is 15.8 Å². The molecule has 0 unspecified atom stereocenters. The van der Waals surface area contributed by atoms with E-state index < -0.39 is 17.7 Å². The van der Waals surface area contributed by atoms with E-state index in [0.717, 1.165) is 16.8 Å². The first-order valence-electron chi connectivity index (χ1n) is 6.59. The highest BCUT2D eigenvalue weighted by molar-refractivity contribution is 7.21. The number of rotatable bonds is 2. The van der Waals surface area contributed by atoms with Gasteiger partial charge in [0.25, 0.3) is 0 Å². The Balaban J connectivity index is 1.95. The number of esters is 1. The van der Waals surface area contributed by atoms with Crippen LogP contribution in [0.5, 0.6) is 5.75 Å². The second-order valence-electron chi connectivity index (χ2n) is 4.82. The monoisotopic (exact) mass is 337 g/mol. The fourth-order valence-electron chi connectivity index (χ4n) is 2.06. The average molecular weight is 337 g/mol. The van der Waals surface area contributed by atoms with Crippen molar-refractivity contribution in [1.29, 1.82) is 0 Å². The topological polar surface area (TPSA) is 39.2 Å². The average Bonchev–Trinajstić information content (AvgIpc) is 2.89. The molecule has 0 amide bonds. The van der Waals surface area contributed by atoms with Crippen LogP contribution in [0.2, 0.25) is 0 Å². The third kappa shape index (κ3) is 3.34. The van der Waals surface area contributed by atoms with Crippen molar-refractivity contribution in [3.8, 4) is 16.3 Å². The summed E-state index contributed by atoms with van der Waals surface area (Å²) >= 11 is 1.36. The number of halogens is 3. The zero-order valence-corrected chi connectivity index (χ0v) is 12.7. The molecule has 23 heavy (non-hydrogen) atoms. The lowest BCUT2D eigenvalue weighted by Crippen LogP contribution is -2.03. The molecule has 3 rings (SSSR count). The number of ether oxygens (including phenoxy) is 1. The van der Waals surface area contributed by atoms with Gasteiger partial charge in [-0.15, -0.1) is 11.3 Å². The van der Waals surface area contributed by atoms with Gasteiger partial charge in [-0.2, -0.15) is 13.2 Å². The molecule has 3 aromatic rings. The van der Waals surface area contributed by atoms with Crippen LogP contribution in [0, 0.1) is 0 Å². The molecule has 0 fully saturated rings. The van der Waals surface area contributed by atoms with Gasteiger partial charge >= 0.3 is 12.1 Å². The zero-order chi connectivity index (χ0) is 16.6. The summed E-state index contributed by atoms with van der Waals surface area (Å²) in [5, 5.41) is 0.605. The van der Waals surface area contributed by atoms with E-state index in [1.54, 1.807) is 18.2 Å². The van der Waals surface area contributed by atoms with Crippen molar-refractivity contribution < 1.29 is 22.7 Å². The van der Waals surface area contributed by atoms with E-state index in [2.05, 4.69) is 4.98 Å². The maximum atomic E-state index is 12.6. The van der Waals surface area contributed by atoms with Gasteiger partial charge in [-0.25, -0.2) is 4.98 Å². The SMILES string of the molecule is CC(=O)Oc1ccc2sc(-c3ccc(C(F)(F)F)cc3)nc2c1. The smallest absolute Gasteiger partial charge is 0.416 e. The standard InChI is InChI=1S/C16H10F3NO2S/c1-9(21)22-12-6-7-14-13(8-12)20-15(23-14)10-2-4-11(5-3-10)16(17,18)19/h2-8H,1H3. The Morgan fingerprint density at radius 1 is 1.13 bits per heavy atom. The first kappa shape index (κ1) is 15.5. The summed E-state index contributed by atoms with van der Waals surface area (Å²) in [6.07, 6.45) is -4.36. The van der Waals surface area contributed by atoms with Crippen LogP contribution < -0.4 is 4.74 Å². The van der Waals surface area contributed by atoms with E-state index in [4.69, 9.17) is 4.74 Å². The molecular formula is C16H10F3NO2S. The van der Waals surface area contributed by atoms with Gasteiger partial charge in [0.1, 0.15) is 10.8 Å². The lowest BCUT2D eigenvalue weighted by molar-refractivity contribution is -0.137. The molecule has 0 N–H and O–H groups in total. The van der Waals surface area contributed by atoms with Crippen molar-refractivity contribution in [1.82, 2.24) is 4.98 Å². The van der Waals surface area contributed by atoms with Crippen molar-refractivity contribution in [3.63, 3.8) is 0 Å². The predicted octanol–water partition coefficient (Wildman–Crippen LogP) is 4.91. The number of hydrogen-bond donors (Lipinski definition) is 0. The normalized spacial score (nSPS) is 11.7. The second kappa shape index (κ2) is 5.66. The van der Waals surface area contributed by atoms with Gasteiger partial charge < -0.3 is 4.74 Å². The molecule has 0 radical (unpaired) electrons. The first-order valence-corrected chi connectivity index (χ1v) is 7.41. The van der Waals surface area contributed by atoms with E-state index in [1.807, 2.05) is 0 Å².